The molecule has 0 aliphatic carbocycles. The number of hydrogen-bond acceptors (Lipinski definition) is 7. The molecule has 0 radical (unpaired) electrons. The normalized spacial score (nSPS) is 10.6. The molecule has 35 heavy (non-hydrogen) atoms. The number of amidine groups is 1. The minimum atomic E-state index is -0.409. The van der Waals surface area contributed by atoms with Gasteiger partial charge in [0.15, 0.2) is 5.75 Å². The molecule has 0 unspecified atom stereocenters. The molecule has 8 nitrogen and oxygen atoms in total. The van der Waals surface area contributed by atoms with Crippen molar-refractivity contribution in [2.45, 2.75) is 26.7 Å². The minimum absolute atomic E-state index is 0.0545. The molecule has 0 bridgehead atoms. The van der Waals surface area contributed by atoms with Gasteiger partial charge in [-0.1, -0.05) is 6.07 Å². The second-order valence-electron chi connectivity index (χ2n) is 7.96. The zero-order chi connectivity index (χ0) is 24.8. The van der Waals surface area contributed by atoms with E-state index >= 15 is 0 Å². The first kappa shape index (κ1) is 23.6. The van der Waals surface area contributed by atoms with Crippen LogP contribution in [0.1, 0.15) is 23.2 Å². The summed E-state index contributed by atoms with van der Waals surface area (Å²) in [5.41, 5.74) is 11.3. The summed E-state index contributed by atoms with van der Waals surface area (Å²) in [5.74, 6) is 1.12. The summed E-state index contributed by atoms with van der Waals surface area (Å²) in [6.45, 7) is 3.91. The molecule has 3 heterocycles. The van der Waals surface area contributed by atoms with Crippen LogP contribution in [0.3, 0.4) is 0 Å². The van der Waals surface area contributed by atoms with Crippen molar-refractivity contribution in [2.24, 2.45) is 5.11 Å². The molecule has 176 valence electrons. The van der Waals surface area contributed by atoms with Crippen LogP contribution in [0.25, 0.3) is 11.4 Å². The van der Waals surface area contributed by atoms with Gasteiger partial charge in [-0.3, -0.25) is 10.4 Å². The predicted molar refractivity (Wildman–Crippen MR) is 132 cm³/mol. The molecule has 3 aromatic heterocycles. The van der Waals surface area contributed by atoms with Gasteiger partial charge in [-0.25, -0.2) is 19.9 Å². The van der Waals surface area contributed by atoms with Gasteiger partial charge in [0.25, 0.3) is 0 Å². The van der Waals surface area contributed by atoms with E-state index < -0.39 is 5.82 Å². The number of hydrogen-bond donors (Lipinski definition) is 3. The lowest BCUT2D eigenvalue weighted by atomic mass is 10.1. The Morgan fingerprint density at radius 2 is 1.91 bits per heavy atom. The van der Waals surface area contributed by atoms with Crippen LogP contribution in [-0.4, -0.2) is 20.8 Å². The number of aromatic nitrogens is 3. The third-order valence-electron chi connectivity index (χ3n) is 5.31. The number of nitrogens with one attached hydrogen (secondary N) is 3. The second kappa shape index (κ2) is 10.6. The number of pyridine rings is 3. The summed E-state index contributed by atoms with van der Waals surface area (Å²) in [6.07, 6.45) is 3.98. The van der Waals surface area contributed by atoms with Gasteiger partial charge < -0.3 is 10.1 Å². The Kier molecular flexibility index (Phi) is 7.15. The smallest absolute Gasteiger partial charge is 0.155 e. The number of benzene rings is 1. The number of nitrogens with zero attached hydrogens (tertiary/aromatic N) is 4. The Hall–Kier alpha value is -4.53. The van der Waals surface area contributed by atoms with E-state index in [0.717, 1.165) is 11.3 Å². The third kappa shape index (κ3) is 6.08. The van der Waals surface area contributed by atoms with Crippen LogP contribution in [0.5, 0.6) is 11.5 Å². The number of ether oxygens (including phenoxy) is 1. The van der Waals surface area contributed by atoms with Crippen molar-refractivity contribution in [1.82, 2.24) is 15.0 Å². The van der Waals surface area contributed by atoms with E-state index in [-0.39, 0.29) is 12.3 Å². The molecule has 0 saturated heterocycles. The lowest BCUT2D eigenvalue weighted by molar-refractivity contribution is 0.481. The molecule has 0 fully saturated rings. The van der Waals surface area contributed by atoms with Crippen molar-refractivity contribution in [3.05, 3.63) is 89.6 Å². The molecule has 4 aromatic rings. The highest BCUT2D eigenvalue weighted by atomic mass is 19.1. The molecule has 3 N–H and O–H groups in total. The van der Waals surface area contributed by atoms with E-state index in [0.29, 0.717) is 46.4 Å². The maximum absolute atomic E-state index is 14.2. The van der Waals surface area contributed by atoms with E-state index in [1.807, 2.05) is 38.1 Å². The highest BCUT2D eigenvalue weighted by molar-refractivity contribution is 5.79. The fourth-order valence-corrected chi connectivity index (χ4v) is 3.45. The summed E-state index contributed by atoms with van der Waals surface area (Å²) in [6, 6.07) is 15.6. The predicted octanol–water partition coefficient (Wildman–Crippen LogP) is 6.77. The summed E-state index contributed by atoms with van der Waals surface area (Å²) >= 11 is 0. The quantitative estimate of drug-likeness (QED) is 0.149. The van der Waals surface area contributed by atoms with Gasteiger partial charge in [-0.15, -0.1) is 5.11 Å². The molecule has 0 aliphatic heterocycles. The minimum Gasteiger partial charge on any atom is -0.455 e. The molecular weight excluding hydrogens is 445 g/mol. The van der Waals surface area contributed by atoms with Crippen LogP contribution in [0.15, 0.2) is 72.1 Å². The van der Waals surface area contributed by atoms with Gasteiger partial charge in [-0.05, 0) is 73.9 Å². The van der Waals surface area contributed by atoms with Crippen LogP contribution in [-0.2, 0) is 6.42 Å². The molecular formula is C26H24FN7O. The average Bonchev–Trinajstić information content (AvgIpc) is 2.85. The maximum Gasteiger partial charge on any atom is 0.155 e. The van der Waals surface area contributed by atoms with Gasteiger partial charge in [0, 0.05) is 36.3 Å². The first-order valence-corrected chi connectivity index (χ1v) is 11.0. The van der Waals surface area contributed by atoms with Crippen molar-refractivity contribution in [2.75, 3.05) is 5.32 Å². The highest BCUT2D eigenvalue weighted by Crippen LogP contribution is 2.33. The SMILES string of the molecule is Cc1cc(Oc2ccnc(Nc3cc(F)cc(CCC(=N)N=N)c3)c2)c(-c2ccccn2)nc1C. The summed E-state index contributed by atoms with van der Waals surface area (Å²) in [7, 11) is 0. The van der Waals surface area contributed by atoms with Crippen molar-refractivity contribution >= 4 is 17.3 Å². The van der Waals surface area contributed by atoms with E-state index in [4.69, 9.17) is 20.7 Å². The van der Waals surface area contributed by atoms with E-state index in [9.17, 15) is 4.39 Å². The van der Waals surface area contributed by atoms with E-state index in [1.54, 1.807) is 30.6 Å². The summed E-state index contributed by atoms with van der Waals surface area (Å²) < 4.78 is 20.4. The van der Waals surface area contributed by atoms with Gasteiger partial charge in [0.2, 0.25) is 0 Å². The molecule has 0 aliphatic rings. The van der Waals surface area contributed by atoms with Gasteiger partial charge in [0.05, 0.1) is 5.69 Å². The Morgan fingerprint density at radius 3 is 2.69 bits per heavy atom. The standard InChI is InChI=1S/C26H24FN7O/c1-16-11-23(26(32-17(16)2)22-5-3-4-9-30-22)35-21-8-10-31-25(15-21)33-20-13-18(12-19(27)14-20)6-7-24(28)34-29/h3-5,8-15,28-29H,6-7H2,1-2H3,(H,31,33). The zero-order valence-electron chi connectivity index (χ0n) is 19.3. The molecule has 0 amide bonds. The number of anilines is 2. The fourth-order valence-electron chi connectivity index (χ4n) is 3.45. The molecule has 0 atom stereocenters. The van der Waals surface area contributed by atoms with Gasteiger partial charge >= 0.3 is 0 Å². The lowest BCUT2D eigenvalue weighted by Gasteiger charge is -2.14. The Morgan fingerprint density at radius 1 is 1.06 bits per heavy atom. The van der Waals surface area contributed by atoms with Crippen molar-refractivity contribution in [3.8, 4) is 22.9 Å². The second-order valence-corrected chi connectivity index (χ2v) is 7.96. The Labute approximate surface area is 202 Å². The van der Waals surface area contributed by atoms with Crippen molar-refractivity contribution < 1.29 is 9.13 Å². The topological polar surface area (TPSA) is 120 Å². The van der Waals surface area contributed by atoms with Gasteiger partial charge in [-0.2, -0.15) is 0 Å². The average molecular weight is 470 g/mol. The number of rotatable bonds is 8. The van der Waals surface area contributed by atoms with Crippen LogP contribution < -0.4 is 10.1 Å². The molecule has 9 heteroatoms. The largest absolute Gasteiger partial charge is 0.455 e. The zero-order valence-corrected chi connectivity index (χ0v) is 19.3. The van der Waals surface area contributed by atoms with Crippen LogP contribution in [0.2, 0.25) is 0 Å². The van der Waals surface area contributed by atoms with E-state index in [2.05, 4.69) is 20.4 Å². The first-order valence-electron chi connectivity index (χ1n) is 11.0. The van der Waals surface area contributed by atoms with Crippen molar-refractivity contribution in [3.63, 3.8) is 0 Å². The monoisotopic (exact) mass is 469 g/mol. The first-order chi connectivity index (χ1) is 16.9. The Balaban J connectivity index is 1.57. The molecule has 0 spiro atoms. The number of halogens is 1. The number of aryl methyl sites for hydroxylation is 3. The van der Waals surface area contributed by atoms with Crippen molar-refractivity contribution in [1.29, 1.82) is 10.9 Å². The molecule has 1 aromatic carbocycles. The Bertz CT molecular complexity index is 1380. The molecule has 4 rings (SSSR count). The van der Waals surface area contributed by atoms with Crippen LogP contribution in [0.4, 0.5) is 15.9 Å². The van der Waals surface area contributed by atoms with Crippen LogP contribution in [0, 0.1) is 30.6 Å². The summed E-state index contributed by atoms with van der Waals surface area (Å²) in [4.78, 5) is 13.4. The van der Waals surface area contributed by atoms with E-state index in [1.165, 1.54) is 12.1 Å². The van der Waals surface area contributed by atoms with Crippen LogP contribution >= 0.6 is 0 Å². The summed E-state index contributed by atoms with van der Waals surface area (Å²) in [5, 5.41) is 13.7. The maximum atomic E-state index is 14.2. The fraction of sp³-hybridized carbons (Fsp3) is 0.154. The lowest BCUT2D eigenvalue weighted by Crippen LogP contribution is -2.00. The highest BCUT2D eigenvalue weighted by Gasteiger charge is 2.14. The molecule has 0 saturated carbocycles. The van der Waals surface area contributed by atoms with Gasteiger partial charge in [0.1, 0.15) is 28.9 Å². The third-order valence-corrected chi connectivity index (χ3v) is 5.31.